The van der Waals surface area contributed by atoms with Gasteiger partial charge in [-0.05, 0) is 54.9 Å². The summed E-state index contributed by atoms with van der Waals surface area (Å²) >= 11 is 0. The van der Waals surface area contributed by atoms with Crippen molar-refractivity contribution in [3.05, 3.63) is 54.1 Å². The van der Waals surface area contributed by atoms with Crippen LogP contribution in [-0.4, -0.2) is 32.8 Å². The summed E-state index contributed by atoms with van der Waals surface area (Å²) in [7, 11) is -3.34. The molecule has 0 bridgehead atoms. The Morgan fingerprint density at radius 2 is 1.68 bits per heavy atom. The summed E-state index contributed by atoms with van der Waals surface area (Å²) < 4.78 is 26.6. The molecule has 6 heteroatoms. The van der Waals surface area contributed by atoms with Crippen LogP contribution >= 0.6 is 0 Å². The van der Waals surface area contributed by atoms with Crippen LogP contribution in [0.25, 0.3) is 11.1 Å². The predicted octanol–water partition coefficient (Wildman–Crippen LogP) is 3.44. The van der Waals surface area contributed by atoms with E-state index in [0.717, 1.165) is 48.8 Å². The van der Waals surface area contributed by atoms with Crippen LogP contribution in [0, 0.1) is 0 Å². The summed E-state index contributed by atoms with van der Waals surface area (Å²) in [5, 5.41) is 3.77. The van der Waals surface area contributed by atoms with Gasteiger partial charge in [0.25, 0.3) is 0 Å². The van der Waals surface area contributed by atoms with E-state index in [-0.39, 0.29) is 0 Å². The van der Waals surface area contributed by atoms with E-state index in [4.69, 9.17) is 5.73 Å². The minimum Gasteiger partial charge on any atom is -0.328 e. The van der Waals surface area contributed by atoms with Crippen LogP contribution in [-0.2, 0) is 10.0 Å². The molecule has 150 valence electrons. The fourth-order valence-corrected chi connectivity index (χ4v) is 4.87. The number of anilines is 1. The number of nitrogens with two attached hydrogens (primary N) is 1. The Hall–Kier alpha value is -1.89. The molecule has 28 heavy (non-hydrogen) atoms. The molecule has 2 unspecified atom stereocenters. The Bertz CT molecular complexity index is 922. The highest BCUT2D eigenvalue weighted by Gasteiger charge is 2.41. The quantitative estimate of drug-likeness (QED) is 0.695. The molecule has 0 amide bonds. The van der Waals surface area contributed by atoms with Crippen LogP contribution < -0.4 is 15.8 Å². The Morgan fingerprint density at radius 3 is 2.36 bits per heavy atom. The van der Waals surface area contributed by atoms with E-state index in [2.05, 4.69) is 22.2 Å². The van der Waals surface area contributed by atoms with Gasteiger partial charge in [-0.25, -0.2) is 8.42 Å². The van der Waals surface area contributed by atoms with E-state index in [1.54, 1.807) is 0 Å². The minimum absolute atomic E-state index is 0.351. The topological polar surface area (TPSA) is 84.2 Å². The molecule has 2 aliphatic rings. The normalized spacial score (nSPS) is 27.4. The first-order valence-corrected chi connectivity index (χ1v) is 12.0. The largest absolute Gasteiger partial charge is 0.328 e. The molecule has 4 N–H and O–H groups in total. The van der Waals surface area contributed by atoms with Gasteiger partial charge in [0.05, 0.1) is 11.9 Å². The molecule has 4 rings (SSSR count). The standard InChI is InChI=1S/C22H29N3O2S/c1-28(26,27)25-22-13-16(15-5-3-2-4-6-15)7-12-19(22)20-14-21(20)24-18-10-8-17(23)9-11-18/h2-7,12-13,17-18,20-21,24-25H,8-11,14,23H2,1H3. The lowest BCUT2D eigenvalue weighted by Gasteiger charge is -2.27. The van der Waals surface area contributed by atoms with Gasteiger partial charge in [-0.15, -0.1) is 0 Å². The summed E-state index contributed by atoms with van der Waals surface area (Å²) in [5.41, 5.74) is 9.88. The Kier molecular flexibility index (Phi) is 5.45. The molecule has 2 fully saturated rings. The van der Waals surface area contributed by atoms with Crippen molar-refractivity contribution in [2.45, 2.75) is 56.1 Å². The van der Waals surface area contributed by atoms with Crippen LogP contribution in [0.1, 0.15) is 43.6 Å². The van der Waals surface area contributed by atoms with Gasteiger partial charge >= 0.3 is 0 Å². The summed E-state index contributed by atoms with van der Waals surface area (Å²) in [5.74, 6) is 0.352. The van der Waals surface area contributed by atoms with E-state index >= 15 is 0 Å². The second-order valence-electron chi connectivity index (χ2n) is 8.27. The van der Waals surface area contributed by atoms with Crippen molar-refractivity contribution in [2.75, 3.05) is 11.0 Å². The van der Waals surface area contributed by atoms with Crippen LogP contribution in [0.5, 0.6) is 0 Å². The van der Waals surface area contributed by atoms with Gasteiger partial charge in [0.1, 0.15) is 0 Å². The fraction of sp³-hybridized carbons (Fsp3) is 0.455. The van der Waals surface area contributed by atoms with E-state index in [9.17, 15) is 8.42 Å². The highest BCUT2D eigenvalue weighted by atomic mass is 32.2. The van der Waals surface area contributed by atoms with Gasteiger partial charge in [-0.2, -0.15) is 0 Å². The number of hydrogen-bond donors (Lipinski definition) is 3. The van der Waals surface area contributed by atoms with E-state index in [1.807, 2.05) is 36.4 Å². The third-order valence-corrected chi connectivity index (χ3v) is 6.46. The van der Waals surface area contributed by atoms with E-state index in [0.29, 0.717) is 29.7 Å². The van der Waals surface area contributed by atoms with Gasteiger partial charge in [0, 0.05) is 24.0 Å². The lowest BCUT2D eigenvalue weighted by atomic mass is 9.91. The summed E-state index contributed by atoms with van der Waals surface area (Å²) in [4.78, 5) is 0. The van der Waals surface area contributed by atoms with Crippen LogP contribution in [0.4, 0.5) is 5.69 Å². The lowest BCUT2D eigenvalue weighted by Crippen LogP contribution is -2.38. The summed E-state index contributed by atoms with van der Waals surface area (Å²) in [6.45, 7) is 0. The average molecular weight is 400 g/mol. The van der Waals surface area contributed by atoms with Crippen molar-refractivity contribution in [1.82, 2.24) is 5.32 Å². The summed E-state index contributed by atoms with van der Waals surface area (Å²) in [6, 6.07) is 17.5. The second-order valence-corrected chi connectivity index (χ2v) is 10.0. The molecule has 0 aromatic heterocycles. The number of benzene rings is 2. The molecule has 2 aromatic rings. The molecule has 2 aliphatic carbocycles. The molecule has 0 aliphatic heterocycles. The minimum atomic E-state index is -3.34. The number of hydrogen-bond acceptors (Lipinski definition) is 4. The SMILES string of the molecule is CS(=O)(=O)Nc1cc(-c2ccccc2)ccc1C1CC1NC1CCC(N)CC1. The third-order valence-electron chi connectivity index (χ3n) is 5.87. The number of sulfonamides is 1. The first-order chi connectivity index (χ1) is 13.4. The first-order valence-electron chi connectivity index (χ1n) is 10.1. The zero-order chi connectivity index (χ0) is 19.7. The average Bonchev–Trinajstić information content (AvgIpc) is 3.42. The highest BCUT2D eigenvalue weighted by Crippen LogP contribution is 2.45. The van der Waals surface area contributed by atoms with Crippen molar-refractivity contribution in [1.29, 1.82) is 0 Å². The van der Waals surface area contributed by atoms with Crippen molar-refractivity contribution in [3.63, 3.8) is 0 Å². The smallest absolute Gasteiger partial charge is 0.229 e. The molecule has 2 saturated carbocycles. The summed E-state index contributed by atoms with van der Waals surface area (Å²) in [6.07, 6.45) is 6.69. The second kappa shape index (κ2) is 7.85. The van der Waals surface area contributed by atoms with Gasteiger partial charge in [-0.1, -0.05) is 42.5 Å². The fourth-order valence-electron chi connectivity index (χ4n) is 4.29. The molecule has 0 spiro atoms. The van der Waals surface area contributed by atoms with Crippen LogP contribution in [0.2, 0.25) is 0 Å². The van der Waals surface area contributed by atoms with Crippen molar-refractivity contribution < 1.29 is 8.42 Å². The third kappa shape index (κ3) is 4.74. The Morgan fingerprint density at radius 1 is 0.964 bits per heavy atom. The van der Waals surface area contributed by atoms with Crippen molar-refractivity contribution >= 4 is 15.7 Å². The molecular formula is C22H29N3O2S. The molecule has 0 saturated heterocycles. The maximum Gasteiger partial charge on any atom is 0.229 e. The van der Waals surface area contributed by atoms with Gasteiger partial charge in [0.2, 0.25) is 10.0 Å². The lowest BCUT2D eigenvalue weighted by molar-refractivity contribution is 0.339. The van der Waals surface area contributed by atoms with Crippen LogP contribution in [0.3, 0.4) is 0 Å². The van der Waals surface area contributed by atoms with Crippen molar-refractivity contribution in [2.24, 2.45) is 5.73 Å². The van der Waals surface area contributed by atoms with Crippen molar-refractivity contribution in [3.8, 4) is 11.1 Å². The molecule has 2 aromatic carbocycles. The maximum absolute atomic E-state index is 11.9. The highest BCUT2D eigenvalue weighted by molar-refractivity contribution is 7.92. The molecule has 0 heterocycles. The van der Waals surface area contributed by atoms with E-state index < -0.39 is 10.0 Å². The van der Waals surface area contributed by atoms with Gasteiger partial charge in [-0.3, -0.25) is 4.72 Å². The Labute approximate surface area is 167 Å². The van der Waals surface area contributed by atoms with Crippen LogP contribution in [0.15, 0.2) is 48.5 Å². The monoisotopic (exact) mass is 399 g/mol. The molecule has 2 atom stereocenters. The first kappa shape index (κ1) is 19.4. The zero-order valence-electron chi connectivity index (χ0n) is 16.3. The molecule has 0 radical (unpaired) electrons. The van der Waals surface area contributed by atoms with Gasteiger partial charge in [0.15, 0.2) is 0 Å². The zero-order valence-corrected chi connectivity index (χ0v) is 17.1. The Balaban J connectivity index is 1.53. The van der Waals surface area contributed by atoms with E-state index in [1.165, 1.54) is 6.26 Å². The van der Waals surface area contributed by atoms with Gasteiger partial charge < -0.3 is 11.1 Å². The molecular weight excluding hydrogens is 370 g/mol. The predicted molar refractivity (Wildman–Crippen MR) is 115 cm³/mol. The maximum atomic E-state index is 11.9. The molecule has 5 nitrogen and oxygen atoms in total. The number of nitrogens with one attached hydrogen (secondary N) is 2. The number of rotatable bonds is 6.